The molecule has 1 aliphatic rings. The number of nitrogens with zero attached hydrogens (tertiary/aromatic N) is 2. The molecule has 0 amide bonds. The van der Waals surface area contributed by atoms with Gasteiger partial charge in [0.15, 0.2) is 5.96 Å². The number of aryl methyl sites for hydroxylation is 1. The van der Waals surface area contributed by atoms with Crippen LogP contribution in [0.5, 0.6) is 0 Å². The summed E-state index contributed by atoms with van der Waals surface area (Å²) in [6.45, 7) is 5.13. The predicted molar refractivity (Wildman–Crippen MR) is 117 cm³/mol. The molecule has 5 nitrogen and oxygen atoms in total. The van der Waals surface area contributed by atoms with Gasteiger partial charge in [0.05, 0.1) is 11.6 Å². The fourth-order valence-electron chi connectivity index (χ4n) is 3.88. The summed E-state index contributed by atoms with van der Waals surface area (Å²) in [6, 6.07) is 10.5. The van der Waals surface area contributed by atoms with Crippen LogP contribution < -0.4 is 10.6 Å². The van der Waals surface area contributed by atoms with E-state index in [0.717, 1.165) is 44.3 Å². The van der Waals surface area contributed by atoms with Crippen LogP contribution in [0.2, 0.25) is 10.2 Å². The van der Waals surface area contributed by atoms with E-state index >= 15 is 0 Å². The van der Waals surface area contributed by atoms with Gasteiger partial charge >= 0.3 is 0 Å². The summed E-state index contributed by atoms with van der Waals surface area (Å²) in [5, 5.41) is 7.99. The van der Waals surface area contributed by atoms with Crippen LogP contribution in [-0.2, 0) is 23.7 Å². The lowest BCUT2D eigenvalue weighted by Gasteiger charge is -2.39. The number of benzene rings is 1. The van der Waals surface area contributed by atoms with Crippen molar-refractivity contribution >= 4 is 29.2 Å². The molecule has 152 valence electrons. The maximum Gasteiger partial charge on any atom is 0.191 e. The number of rotatable bonds is 5. The zero-order valence-electron chi connectivity index (χ0n) is 16.7. The molecular formula is C21H28Cl2N4O. The molecule has 3 rings (SSSR count). The van der Waals surface area contributed by atoms with Gasteiger partial charge in [0.25, 0.3) is 0 Å². The molecule has 0 bridgehead atoms. The number of hydrogen-bond acceptors (Lipinski definition) is 2. The van der Waals surface area contributed by atoms with Gasteiger partial charge in [-0.1, -0.05) is 47.5 Å². The molecule has 1 fully saturated rings. The van der Waals surface area contributed by atoms with Crippen molar-refractivity contribution in [2.75, 3.05) is 26.8 Å². The minimum absolute atomic E-state index is 0.0405. The van der Waals surface area contributed by atoms with Crippen LogP contribution >= 0.6 is 23.2 Å². The van der Waals surface area contributed by atoms with Crippen molar-refractivity contribution in [3.05, 3.63) is 57.3 Å². The van der Waals surface area contributed by atoms with Crippen LogP contribution in [-0.4, -0.2) is 37.3 Å². The Morgan fingerprint density at radius 2 is 1.93 bits per heavy atom. The fourth-order valence-corrected chi connectivity index (χ4v) is 4.29. The first-order valence-electron chi connectivity index (χ1n) is 9.55. The molecule has 2 aromatic rings. The lowest BCUT2D eigenvalue weighted by Crippen LogP contribution is -2.48. The summed E-state index contributed by atoms with van der Waals surface area (Å²) < 4.78 is 7.52. The van der Waals surface area contributed by atoms with Gasteiger partial charge < -0.3 is 19.9 Å². The first-order valence-corrected chi connectivity index (χ1v) is 10.3. The molecule has 0 spiro atoms. The number of nitrogens with one attached hydrogen (secondary N) is 2. The summed E-state index contributed by atoms with van der Waals surface area (Å²) in [7, 11) is 3.68. The second-order valence-corrected chi connectivity index (χ2v) is 8.09. The number of aromatic nitrogens is 1. The third kappa shape index (κ3) is 4.48. The van der Waals surface area contributed by atoms with E-state index < -0.39 is 0 Å². The first-order chi connectivity index (χ1) is 13.5. The maximum absolute atomic E-state index is 6.16. The summed E-state index contributed by atoms with van der Waals surface area (Å²) in [4.78, 5) is 4.38. The van der Waals surface area contributed by atoms with Crippen molar-refractivity contribution in [1.82, 2.24) is 15.2 Å². The molecular weight excluding hydrogens is 395 g/mol. The van der Waals surface area contributed by atoms with Crippen molar-refractivity contribution in [1.29, 1.82) is 0 Å². The highest BCUT2D eigenvalue weighted by Gasteiger charge is 2.35. The number of halogens is 2. The second-order valence-electron chi connectivity index (χ2n) is 7.32. The molecule has 1 saturated heterocycles. The summed E-state index contributed by atoms with van der Waals surface area (Å²) in [5.74, 6) is 0.757. The minimum atomic E-state index is 0.0405. The van der Waals surface area contributed by atoms with Crippen molar-refractivity contribution in [3.8, 4) is 0 Å². The molecule has 1 aliphatic heterocycles. The Morgan fingerprint density at radius 3 is 2.54 bits per heavy atom. The Morgan fingerprint density at radius 1 is 1.21 bits per heavy atom. The van der Waals surface area contributed by atoms with Crippen molar-refractivity contribution in [3.63, 3.8) is 0 Å². The molecule has 1 aromatic carbocycles. The molecule has 0 atom stereocenters. The standard InChI is InChI=1S/C21H28Cl2N4O/c1-15-6-4-5-7-17(15)21(8-10-28-11-9-21)14-26-20(24-2)25-13-16-12-18(22)19(23)27(16)3/h4-7,12H,8-11,13-14H2,1-3H3,(H2,24,25,26). The fraction of sp³-hybridized carbons (Fsp3) is 0.476. The van der Waals surface area contributed by atoms with Gasteiger partial charge in [0, 0.05) is 45.0 Å². The normalized spacial score (nSPS) is 16.8. The lowest BCUT2D eigenvalue weighted by molar-refractivity contribution is 0.0512. The maximum atomic E-state index is 6.16. The van der Waals surface area contributed by atoms with Crippen molar-refractivity contribution in [2.24, 2.45) is 12.0 Å². The van der Waals surface area contributed by atoms with E-state index in [1.807, 2.05) is 17.7 Å². The molecule has 0 saturated carbocycles. The third-order valence-corrected chi connectivity index (χ3v) is 6.48. The number of ether oxygens (including phenoxy) is 1. The highest BCUT2D eigenvalue weighted by Crippen LogP contribution is 2.36. The zero-order valence-corrected chi connectivity index (χ0v) is 18.2. The number of guanidine groups is 1. The molecule has 0 unspecified atom stereocenters. The third-order valence-electron chi connectivity index (χ3n) is 5.64. The SMILES string of the molecule is CN=C(NCc1cc(Cl)c(Cl)n1C)NCC1(c2ccccc2C)CCOCC1. The van der Waals surface area contributed by atoms with Gasteiger partial charge in [0.1, 0.15) is 5.15 Å². The van der Waals surface area contributed by atoms with Crippen LogP contribution in [0.15, 0.2) is 35.3 Å². The second kappa shape index (κ2) is 9.21. The van der Waals surface area contributed by atoms with Crippen molar-refractivity contribution in [2.45, 2.75) is 31.7 Å². The van der Waals surface area contributed by atoms with E-state index in [2.05, 4.69) is 46.8 Å². The Labute approximate surface area is 177 Å². The Balaban J connectivity index is 1.69. The van der Waals surface area contributed by atoms with Crippen LogP contribution in [0.25, 0.3) is 0 Å². The molecule has 0 aliphatic carbocycles. The molecule has 2 N–H and O–H groups in total. The largest absolute Gasteiger partial charge is 0.381 e. The molecule has 0 radical (unpaired) electrons. The van der Waals surface area contributed by atoms with E-state index in [4.69, 9.17) is 27.9 Å². The molecule has 1 aromatic heterocycles. The van der Waals surface area contributed by atoms with Gasteiger partial charge in [-0.15, -0.1) is 0 Å². The van der Waals surface area contributed by atoms with Gasteiger partial charge in [0.2, 0.25) is 0 Å². The van der Waals surface area contributed by atoms with E-state index in [1.54, 1.807) is 7.05 Å². The predicted octanol–water partition coefficient (Wildman–Crippen LogP) is 4.05. The Hall–Kier alpha value is -1.69. The van der Waals surface area contributed by atoms with Gasteiger partial charge in [-0.2, -0.15) is 0 Å². The Bertz CT molecular complexity index is 841. The van der Waals surface area contributed by atoms with Crippen molar-refractivity contribution < 1.29 is 4.74 Å². The smallest absolute Gasteiger partial charge is 0.191 e. The number of hydrogen-bond donors (Lipinski definition) is 2. The van der Waals surface area contributed by atoms with Crippen LogP contribution in [0.1, 0.15) is 29.7 Å². The number of aliphatic imine (C=N–C) groups is 1. The van der Waals surface area contributed by atoms with Crippen LogP contribution in [0.3, 0.4) is 0 Å². The van der Waals surface area contributed by atoms with Crippen LogP contribution in [0.4, 0.5) is 0 Å². The summed E-state index contributed by atoms with van der Waals surface area (Å²) >= 11 is 12.3. The van der Waals surface area contributed by atoms with E-state index in [9.17, 15) is 0 Å². The molecule has 28 heavy (non-hydrogen) atoms. The topological polar surface area (TPSA) is 50.6 Å². The van der Waals surface area contributed by atoms with Crippen LogP contribution in [0, 0.1) is 6.92 Å². The van der Waals surface area contributed by atoms with E-state index in [0.29, 0.717) is 16.7 Å². The lowest BCUT2D eigenvalue weighted by atomic mass is 9.72. The highest BCUT2D eigenvalue weighted by molar-refractivity contribution is 6.41. The monoisotopic (exact) mass is 422 g/mol. The molecule has 7 heteroatoms. The quantitative estimate of drug-likeness (QED) is 0.564. The first kappa shape index (κ1) is 21.0. The minimum Gasteiger partial charge on any atom is -0.381 e. The zero-order chi connectivity index (χ0) is 20.1. The van der Waals surface area contributed by atoms with Gasteiger partial charge in [-0.05, 0) is 37.0 Å². The highest BCUT2D eigenvalue weighted by atomic mass is 35.5. The van der Waals surface area contributed by atoms with E-state index in [-0.39, 0.29) is 5.41 Å². The van der Waals surface area contributed by atoms with Gasteiger partial charge in [-0.3, -0.25) is 4.99 Å². The average Bonchev–Trinajstić information content (AvgIpc) is 2.96. The summed E-state index contributed by atoms with van der Waals surface area (Å²) in [6.07, 6.45) is 1.98. The van der Waals surface area contributed by atoms with E-state index in [1.165, 1.54) is 11.1 Å². The summed E-state index contributed by atoms with van der Waals surface area (Å²) in [5.41, 5.74) is 3.75. The van der Waals surface area contributed by atoms with Gasteiger partial charge in [-0.25, -0.2) is 0 Å². The Kier molecular flexibility index (Phi) is 6.91. The molecule has 2 heterocycles. The average molecular weight is 423 g/mol.